The minimum absolute atomic E-state index is 0.0169. The summed E-state index contributed by atoms with van der Waals surface area (Å²) in [5, 5.41) is 11.0. The zero-order valence-corrected chi connectivity index (χ0v) is 16.8. The molecule has 29 heavy (non-hydrogen) atoms. The summed E-state index contributed by atoms with van der Waals surface area (Å²) in [6, 6.07) is 11.4. The number of rotatable bonds is 3. The molecule has 0 atom stereocenters. The maximum Gasteiger partial charge on any atom is 0.276 e. The Balaban J connectivity index is 1.59. The molecule has 0 amide bonds. The molecule has 0 aliphatic carbocycles. The van der Waals surface area contributed by atoms with E-state index in [1.807, 2.05) is 6.07 Å². The highest BCUT2D eigenvalue weighted by atomic mass is 79.9. The lowest BCUT2D eigenvalue weighted by molar-refractivity contribution is -0.384. The smallest absolute Gasteiger partial charge is 0.276 e. The van der Waals surface area contributed by atoms with Crippen LogP contribution in [0.5, 0.6) is 0 Å². The highest BCUT2D eigenvalue weighted by Crippen LogP contribution is 2.26. The number of thiazole rings is 1. The van der Waals surface area contributed by atoms with E-state index >= 15 is 0 Å². The Labute approximate surface area is 174 Å². The van der Waals surface area contributed by atoms with Crippen LogP contribution in [0.4, 0.5) is 5.69 Å². The number of non-ortho nitro benzene ring substituents is 1. The Bertz CT molecular complexity index is 1540. The van der Waals surface area contributed by atoms with E-state index in [0.717, 1.165) is 4.47 Å². The molecule has 8 nitrogen and oxygen atoms in total. The highest BCUT2D eigenvalue weighted by Gasteiger charge is 2.14. The van der Waals surface area contributed by atoms with Crippen molar-refractivity contribution in [3.63, 3.8) is 0 Å². The molecule has 10 heteroatoms. The lowest BCUT2D eigenvalue weighted by atomic mass is 10.1. The number of fused-ring (bicyclic) bond motifs is 3. The minimum atomic E-state index is -0.457. The molecule has 0 aliphatic rings. The third-order valence-electron chi connectivity index (χ3n) is 4.29. The molecule has 0 bridgehead atoms. The summed E-state index contributed by atoms with van der Waals surface area (Å²) in [5.41, 5.74) is 1.48. The summed E-state index contributed by atoms with van der Waals surface area (Å²) in [6.07, 6.45) is 3.25. The first-order chi connectivity index (χ1) is 14.0. The van der Waals surface area contributed by atoms with Gasteiger partial charge < -0.3 is 4.42 Å². The first kappa shape index (κ1) is 17.7. The van der Waals surface area contributed by atoms with Crippen molar-refractivity contribution in [3.8, 4) is 11.3 Å². The second-order valence-electron chi connectivity index (χ2n) is 6.15. The van der Waals surface area contributed by atoms with Crippen LogP contribution >= 0.6 is 27.3 Å². The maximum atomic E-state index is 12.8. The number of hydrogen-bond acceptors (Lipinski definition) is 7. The molecule has 0 saturated carbocycles. The molecule has 4 heterocycles. The fourth-order valence-electron chi connectivity index (χ4n) is 3.00. The first-order valence-corrected chi connectivity index (χ1v) is 9.93. The number of furan rings is 1. The van der Waals surface area contributed by atoms with Crippen molar-refractivity contribution < 1.29 is 9.34 Å². The van der Waals surface area contributed by atoms with E-state index < -0.39 is 4.92 Å². The third-order valence-corrected chi connectivity index (χ3v) is 5.69. The molecule has 0 unspecified atom stereocenters. The van der Waals surface area contributed by atoms with Gasteiger partial charge in [-0.15, -0.1) is 0 Å². The second-order valence-corrected chi connectivity index (χ2v) is 8.08. The zero-order valence-electron chi connectivity index (χ0n) is 14.4. The predicted molar refractivity (Wildman–Crippen MR) is 112 cm³/mol. The van der Waals surface area contributed by atoms with Gasteiger partial charge in [0.1, 0.15) is 21.6 Å². The van der Waals surface area contributed by atoms with Gasteiger partial charge in [0, 0.05) is 34.4 Å². The Morgan fingerprint density at radius 3 is 2.93 bits per heavy atom. The molecular formula is C19H9BrN4O4S. The summed E-state index contributed by atoms with van der Waals surface area (Å²) < 4.78 is 8.50. The van der Waals surface area contributed by atoms with Crippen LogP contribution in [-0.4, -0.2) is 19.3 Å². The molecule has 5 rings (SSSR count). The lowest BCUT2D eigenvalue weighted by Crippen LogP contribution is -2.22. The quantitative estimate of drug-likeness (QED) is 0.294. The van der Waals surface area contributed by atoms with E-state index in [0.29, 0.717) is 37.7 Å². The molecule has 4 aromatic heterocycles. The Morgan fingerprint density at radius 2 is 2.10 bits per heavy atom. The van der Waals surface area contributed by atoms with Crippen molar-refractivity contribution in [2.45, 2.75) is 0 Å². The van der Waals surface area contributed by atoms with Crippen molar-refractivity contribution >= 4 is 55.2 Å². The highest BCUT2D eigenvalue weighted by molar-refractivity contribution is 9.10. The predicted octanol–water partition coefficient (Wildman–Crippen LogP) is 3.78. The average Bonchev–Trinajstić information content (AvgIpc) is 3.38. The number of imidazole rings is 1. The van der Waals surface area contributed by atoms with Crippen LogP contribution in [0.2, 0.25) is 0 Å². The van der Waals surface area contributed by atoms with Gasteiger partial charge in [0.15, 0.2) is 10.6 Å². The topological polar surface area (TPSA) is 104 Å². The summed E-state index contributed by atoms with van der Waals surface area (Å²) in [7, 11) is 0. The van der Waals surface area contributed by atoms with Crippen LogP contribution in [0.3, 0.4) is 0 Å². The third kappa shape index (κ3) is 3.02. The van der Waals surface area contributed by atoms with Gasteiger partial charge in [-0.2, -0.15) is 0 Å². The first-order valence-electron chi connectivity index (χ1n) is 8.32. The summed E-state index contributed by atoms with van der Waals surface area (Å²) in [6.45, 7) is 0. The van der Waals surface area contributed by atoms with Crippen LogP contribution < -0.4 is 10.1 Å². The van der Waals surface area contributed by atoms with Crippen LogP contribution in [0.1, 0.15) is 5.76 Å². The van der Waals surface area contributed by atoms with Gasteiger partial charge in [0.2, 0.25) is 0 Å². The van der Waals surface area contributed by atoms with Crippen LogP contribution in [-0.2, 0) is 0 Å². The van der Waals surface area contributed by atoms with Gasteiger partial charge in [-0.05, 0) is 34.1 Å². The van der Waals surface area contributed by atoms with Gasteiger partial charge >= 0.3 is 0 Å². The van der Waals surface area contributed by atoms with Crippen molar-refractivity contribution in [2.24, 2.45) is 0 Å². The number of benzene rings is 1. The van der Waals surface area contributed by atoms with E-state index in [-0.39, 0.29) is 11.2 Å². The molecule has 1 aromatic carbocycles. The standard InChI is InChI=1S/C19H9BrN4O4S/c20-11-7-14-17(21-9-11)23-18(25)16(29-19(23)22-14)8-13-4-5-15(28-13)10-2-1-3-12(6-10)24(26)27/h1-9H/b16-8+. The minimum Gasteiger partial charge on any atom is -0.457 e. The molecular weight excluding hydrogens is 460 g/mol. The summed E-state index contributed by atoms with van der Waals surface area (Å²) in [5.74, 6) is 0.943. The van der Waals surface area contributed by atoms with Crippen molar-refractivity contribution in [1.82, 2.24) is 14.4 Å². The maximum absolute atomic E-state index is 12.8. The van der Waals surface area contributed by atoms with Gasteiger partial charge in [-0.1, -0.05) is 23.5 Å². The molecule has 0 radical (unpaired) electrons. The van der Waals surface area contributed by atoms with Crippen LogP contribution in [0, 0.1) is 10.1 Å². The number of halogens is 1. The normalized spacial score (nSPS) is 12.2. The molecule has 5 aromatic rings. The van der Waals surface area contributed by atoms with E-state index in [1.54, 1.807) is 36.5 Å². The summed E-state index contributed by atoms with van der Waals surface area (Å²) >= 11 is 4.59. The Kier molecular flexibility index (Phi) is 4.03. The van der Waals surface area contributed by atoms with Crippen molar-refractivity contribution in [1.29, 1.82) is 0 Å². The lowest BCUT2D eigenvalue weighted by Gasteiger charge is -1.96. The van der Waals surface area contributed by atoms with Gasteiger partial charge in [0.25, 0.3) is 11.2 Å². The number of nitro benzene ring substituents is 1. The largest absolute Gasteiger partial charge is 0.457 e. The van der Waals surface area contributed by atoms with Crippen molar-refractivity contribution in [2.75, 3.05) is 0 Å². The van der Waals surface area contributed by atoms with Crippen LogP contribution in [0.25, 0.3) is 33.5 Å². The number of aromatic nitrogens is 3. The number of nitro groups is 1. The van der Waals surface area contributed by atoms with Gasteiger partial charge in [0.05, 0.1) is 4.92 Å². The van der Waals surface area contributed by atoms with Crippen molar-refractivity contribution in [3.05, 3.63) is 83.9 Å². The van der Waals surface area contributed by atoms with Gasteiger partial charge in [-0.25, -0.2) is 14.4 Å². The number of hydrogen-bond donors (Lipinski definition) is 0. The molecule has 0 saturated heterocycles. The van der Waals surface area contributed by atoms with Crippen LogP contribution in [0.15, 0.2) is 62.3 Å². The fraction of sp³-hybridized carbons (Fsp3) is 0. The van der Waals surface area contributed by atoms with E-state index in [9.17, 15) is 14.9 Å². The molecule has 0 N–H and O–H groups in total. The average molecular weight is 469 g/mol. The zero-order chi connectivity index (χ0) is 20.1. The second kappa shape index (κ2) is 6.61. The molecule has 0 aliphatic heterocycles. The number of pyridine rings is 1. The molecule has 0 fully saturated rings. The molecule has 0 spiro atoms. The van der Waals surface area contributed by atoms with Gasteiger partial charge in [-0.3, -0.25) is 14.9 Å². The van der Waals surface area contributed by atoms with E-state index in [2.05, 4.69) is 25.9 Å². The Hall–Kier alpha value is -3.37. The monoisotopic (exact) mass is 468 g/mol. The summed E-state index contributed by atoms with van der Waals surface area (Å²) in [4.78, 5) is 32.6. The fourth-order valence-corrected chi connectivity index (χ4v) is 4.28. The Morgan fingerprint density at radius 1 is 1.24 bits per heavy atom. The SMILES string of the molecule is O=c1/c(=C\c2ccc(-c3cccc([N+](=O)[O-])c3)o2)sc2nc3cc(Br)cnc3n12. The number of nitrogens with zero attached hydrogens (tertiary/aromatic N) is 4. The van der Waals surface area contributed by atoms with E-state index in [1.165, 1.54) is 27.9 Å². The van der Waals surface area contributed by atoms with E-state index in [4.69, 9.17) is 4.42 Å². The molecule has 142 valence electrons.